The molecule has 1 amide bonds. The lowest BCUT2D eigenvalue weighted by molar-refractivity contribution is 0.0981. The number of pyridine rings is 1. The van der Waals surface area contributed by atoms with Gasteiger partial charge in [-0.15, -0.1) is 0 Å². The Morgan fingerprint density at radius 1 is 1.03 bits per heavy atom. The smallest absolute Gasteiger partial charge is 0.330 e. The van der Waals surface area contributed by atoms with E-state index in [9.17, 15) is 14.4 Å². The van der Waals surface area contributed by atoms with Crippen molar-refractivity contribution in [2.75, 3.05) is 17.2 Å². The molecule has 4 rings (SSSR count). The number of carbonyl (C=O) groups excluding carboxylic acids is 1. The second kappa shape index (κ2) is 9.74. The van der Waals surface area contributed by atoms with Crippen LogP contribution in [0.1, 0.15) is 36.3 Å². The number of nitrogens with two attached hydrogens (primary N) is 1. The highest BCUT2D eigenvalue weighted by molar-refractivity contribution is 6.07. The first-order valence-corrected chi connectivity index (χ1v) is 11.2. The number of amides is 1. The van der Waals surface area contributed by atoms with Gasteiger partial charge in [-0.3, -0.25) is 24.0 Å². The standard InChI is InChI=1S/C26H27N5O3/c1-17(2)14-15-30(25(33)21-13-12-19-10-6-7-11-20(19)28-21)22-23(27)31(26(34)29-24(22)32)16-18-8-4-3-5-9-18/h3-13,17H,14-16,27H2,1-2H3,(H,29,32,34). The summed E-state index contributed by atoms with van der Waals surface area (Å²) in [6.07, 6.45) is 0.635. The zero-order valence-electron chi connectivity index (χ0n) is 19.2. The highest BCUT2D eigenvalue weighted by Gasteiger charge is 2.26. The molecule has 0 atom stereocenters. The molecule has 0 aliphatic carbocycles. The van der Waals surface area contributed by atoms with Crippen molar-refractivity contribution in [3.63, 3.8) is 0 Å². The highest BCUT2D eigenvalue weighted by Crippen LogP contribution is 2.22. The van der Waals surface area contributed by atoms with Gasteiger partial charge in [0.1, 0.15) is 11.5 Å². The third-order valence-corrected chi connectivity index (χ3v) is 5.66. The van der Waals surface area contributed by atoms with Gasteiger partial charge in [0.2, 0.25) is 0 Å². The minimum Gasteiger partial charge on any atom is -0.383 e. The van der Waals surface area contributed by atoms with Crippen molar-refractivity contribution in [2.24, 2.45) is 5.92 Å². The number of aromatic amines is 1. The van der Waals surface area contributed by atoms with Gasteiger partial charge in [-0.05, 0) is 30.0 Å². The molecule has 2 heterocycles. The molecule has 2 aromatic carbocycles. The van der Waals surface area contributed by atoms with Gasteiger partial charge in [0.15, 0.2) is 5.69 Å². The van der Waals surface area contributed by atoms with Crippen molar-refractivity contribution in [1.29, 1.82) is 0 Å². The van der Waals surface area contributed by atoms with E-state index >= 15 is 0 Å². The van der Waals surface area contributed by atoms with E-state index in [2.05, 4.69) is 9.97 Å². The van der Waals surface area contributed by atoms with Crippen molar-refractivity contribution in [3.8, 4) is 0 Å². The average Bonchev–Trinajstić information content (AvgIpc) is 2.83. The molecule has 0 aliphatic heterocycles. The largest absolute Gasteiger partial charge is 0.383 e. The van der Waals surface area contributed by atoms with Gasteiger partial charge in [-0.1, -0.05) is 68.4 Å². The van der Waals surface area contributed by atoms with E-state index in [0.29, 0.717) is 11.9 Å². The third kappa shape index (κ3) is 4.76. The molecular formula is C26H27N5O3. The van der Waals surface area contributed by atoms with Crippen LogP contribution in [0.4, 0.5) is 11.5 Å². The quantitative estimate of drug-likeness (QED) is 0.441. The summed E-state index contributed by atoms with van der Waals surface area (Å²) < 4.78 is 1.27. The fraction of sp³-hybridized carbons (Fsp3) is 0.231. The predicted octanol–water partition coefficient (Wildman–Crippen LogP) is 3.41. The van der Waals surface area contributed by atoms with Crippen LogP contribution in [0, 0.1) is 5.92 Å². The zero-order valence-corrected chi connectivity index (χ0v) is 19.2. The number of H-pyrrole nitrogens is 1. The van der Waals surface area contributed by atoms with E-state index in [1.165, 1.54) is 9.47 Å². The van der Waals surface area contributed by atoms with Crippen molar-refractivity contribution in [3.05, 3.63) is 98.8 Å². The second-order valence-corrected chi connectivity index (χ2v) is 8.59. The molecule has 0 saturated heterocycles. The minimum absolute atomic E-state index is 0.0452. The third-order valence-electron chi connectivity index (χ3n) is 5.66. The molecule has 0 fully saturated rings. The van der Waals surface area contributed by atoms with Crippen LogP contribution >= 0.6 is 0 Å². The predicted molar refractivity (Wildman–Crippen MR) is 134 cm³/mol. The number of aromatic nitrogens is 3. The van der Waals surface area contributed by atoms with Crippen LogP contribution in [0.5, 0.6) is 0 Å². The first-order chi connectivity index (χ1) is 16.3. The molecule has 0 saturated carbocycles. The van der Waals surface area contributed by atoms with Crippen LogP contribution in [0.3, 0.4) is 0 Å². The fourth-order valence-electron chi connectivity index (χ4n) is 3.79. The first-order valence-electron chi connectivity index (χ1n) is 11.2. The number of anilines is 2. The molecule has 0 unspecified atom stereocenters. The number of para-hydroxylation sites is 1. The molecule has 0 aliphatic rings. The molecule has 8 nitrogen and oxygen atoms in total. The van der Waals surface area contributed by atoms with Gasteiger partial charge in [-0.2, -0.15) is 0 Å². The first kappa shape index (κ1) is 23.0. The molecule has 8 heteroatoms. The Labute approximate surface area is 196 Å². The molecular weight excluding hydrogens is 430 g/mol. The maximum absolute atomic E-state index is 13.6. The van der Waals surface area contributed by atoms with Crippen LogP contribution in [0.25, 0.3) is 10.9 Å². The lowest BCUT2D eigenvalue weighted by Crippen LogP contribution is -2.42. The summed E-state index contributed by atoms with van der Waals surface area (Å²) in [4.78, 5) is 47.3. The second-order valence-electron chi connectivity index (χ2n) is 8.59. The van der Waals surface area contributed by atoms with Gasteiger partial charge in [0, 0.05) is 11.9 Å². The van der Waals surface area contributed by atoms with Crippen LogP contribution in [0.15, 0.2) is 76.3 Å². The molecule has 3 N–H and O–H groups in total. The summed E-state index contributed by atoms with van der Waals surface area (Å²) in [5, 5.41) is 0.904. The molecule has 34 heavy (non-hydrogen) atoms. The number of nitrogens with one attached hydrogen (secondary N) is 1. The van der Waals surface area contributed by atoms with E-state index in [1.54, 1.807) is 6.07 Å². The number of rotatable bonds is 7. The normalized spacial score (nSPS) is 11.1. The van der Waals surface area contributed by atoms with Crippen LogP contribution in [-0.2, 0) is 6.54 Å². The maximum atomic E-state index is 13.6. The van der Waals surface area contributed by atoms with Gasteiger partial charge < -0.3 is 5.73 Å². The number of fused-ring (bicyclic) bond motifs is 1. The van der Waals surface area contributed by atoms with Crippen molar-refractivity contribution in [2.45, 2.75) is 26.8 Å². The number of carbonyl (C=O) groups is 1. The van der Waals surface area contributed by atoms with Crippen LogP contribution in [0.2, 0.25) is 0 Å². The van der Waals surface area contributed by atoms with Crippen molar-refractivity contribution < 1.29 is 4.79 Å². The Morgan fingerprint density at radius 2 is 1.74 bits per heavy atom. The lowest BCUT2D eigenvalue weighted by Gasteiger charge is -2.25. The summed E-state index contributed by atoms with van der Waals surface area (Å²) in [5.41, 5.74) is 6.71. The summed E-state index contributed by atoms with van der Waals surface area (Å²) in [6, 6.07) is 20.2. The topological polar surface area (TPSA) is 114 Å². The molecule has 0 spiro atoms. The van der Waals surface area contributed by atoms with Crippen molar-refractivity contribution >= 4 is 28.3 Å². The zero-order chi connectivity index (χ0) is 24.2. The van der Waals surface area contributed by atoms with Gasteiger partial charge in [-0.25, -0.2) is 9.78 Å². The number of hydrogen-bond acceptors (Lipinski definition) is 5. The summed E-state index contributed by atoms with van der Waals surface area (Å²) in [7, 11) is 0. The van der Waals surface area contributed by atoms with Crippen LogP contribution in [-0.4, -0.2) is 27.0 Å². The highest BCUT2D eigenvalue weighted by atomic mass is 16.2. The minimum atomic E-state index is -0.704. The van der Waals surface area contributed by atoms with Crippen molar-refractivity contribution in [1.82, 2.24) is 14.5 Å². The summed E-state index contributed by atoms with van der Waals surface area (Å²) in [5.74, 6) is -0.237. The SMILES string of the molecule is CC(C)CCN(C(=O)c1ccc2ccccc2n1)c1c(N)n(Cc2ccccc2)c(=O)[nH]c1=O. The molecule has 0 radical (unpaired) electrons. The Hall–Kier alpha value is -4.20. The fourth-order valence-corrected chi connectivity index (χ4v) is 3.79. The number of benzene rings is 2. The maximum Gasteiger partial charge on any atom is 0.330 e. The molecule has 174 valence electrons. The van der Waals surface area contributed by atoms with E-state index in [4.69, 9.17) is 5.73 Å². The van der Waals surface area contributed by atoms with E-state index in [-0.39, 0.29) is 36.2 Å². The number of nitrogens with zero attached hydrogens (tertiary/aromatic N) is 3. The summed E-state index contributed by atoms with van der Waals surface area (Å²) >= 11 is 0. The number of nitrogen functional groups attached to an aromatic ring is 1. The lowest BCUT2D eigenvalue weighted by atomic mass is 10.1. The van der Waals surface area contributed by atoms with Crippen LogP contribution < -0.4 is 21.9 Å². The monoisotopic (exact) mass is 457 g/mol. The number of hydrogen-bond donors (Lipinski definition) is 2. The average molecular weight is 458 g/mol. The molecule has 4 aromatic rings. The van der Waals surface area contributed by atoms with Gasteiger partial charge >= 0.3 is 5.69 Å². The summed E-state index contributed by atoms with van der Waals surface area (Å²) in [6.45, 7) is 4.47. The van der Waals surface area contributed by atoms with Gasteiger partial charge in [0.25, 0.3) is 11.5 Å². The van der Waals surface area contributed by atoms with E-state index in [1.807, 2.05) is 74.5 Å². The van der Waals surface area contributed by atoms with Gasteiger partial charge in [0.05, 0.1) is 12.1 Å². The molecule has 2 aromatic heterocycles. The Bertz CT molecular complexity index is 1440. The molecule has 0 bridgehead atoms. The van der Waals surface area contributed by atoms with E-state index in [0.717, 1.165) is 10.9 Å². The Balaban J connectivity index is 1.81. The van der Waals surface area contributed by atoms with E-state index < -0.39 is 17.2 Å². The Kier molecular flexibility index (Phi) is 6.58. The Morgan fingerprint density at radius 3 is 2.47 bits per heavy atom.